The quantitative estimate of drug-likeness (QED) is 0.385. The highest BCUT2D eigenvalue weighted by atomic mass is 35.5. The molecule has 0 N–H and O–H groups in total. The van der Waals surface area contributed by atoms with E-state index in [1.165, 1.54) is 6.33 Å². The molecule has 0 bridgehead atoms. The summed E-state index contributed by atoms with van der Waals surface area (Å²) in [5.74, 6) is 2.05. The van der Waals surface area contributed by atoms with Gasteiger partial charge in [-0.2, -0.15) is 5.10 Å². The third-order valence-electron chi connectivity index (χ3n) is 4.12. The number of benzene rings is 2. The first-order valence-corrected chi connectivity index (χ1v) is 10.4. The van der Waals surface area contributed by atoms with Gasteiger partial charge in [-0.3, -0.25) is 9.25 Å². The van der Waals surface area contributed by atoms with Crippen LogP contribution in [-0.4, -0.2) is 42.4 Å². The van der Waals surface area contributed by atoms with Gasteiger partial charge in [0.2, 0.25) is 0 Å². The number of methoxy groups -OCH3 is 1. The van der Waals surface area contributed by atoms with Gasteiger partial charge in [0, 0.05) is 21.4 Å². The largest absolute Gasteiger partial charge is 0.495 e. The van der Waals surface area contributed by atoms with Crippen molar-refractivity contribution in [3.63, 3.8) is 0 Å². The molecule has 10 heteroatoms. The number of thioether (sulfide) groups is 1. The highest BCUT2D eigenvalue weighted by Gasteiger charge is 2.19. The predicted molar refractivity (Wildman–Crippen MR) is 114 cm³/mol. The summed E-state index contributed by atoms with van der Waals surface area (Å²) in [4.78, 5) is 3.96. The van der Waals surface area contributed by atoms with Crippen molar-refractivity contribution < 1.29 is 4.74 Å². The van der Waals surface area contributed by atoms with Gasteiger partial charge in [-0.15, -0.1) is 10.2 Å². The normalized spacial score (nSPS) is 11.0. The fourth-order valence-electron chi connectivity index (χ4n) is 2.81. The summed E-state index contributed by atoms with van der Waals surface area (Å²) in [6, 6.07) is 12.9. The van der Waals surface area contributed by atoms with Gasteiger partial charge in [0.25, 0.3) is 0 Å². The minimum Gasteiger partial charge on any atom is -0.495 e. The lowest BCUT2D eigenvalue weighted by molar-refractivity contribution is 0.412. The SMILES string of the molecule is COc1ccc(Cl)cc1-n1c(SCCn2cncn2)nnc1-c1cccc(Cl)c1. The Hall–Kier alpha value is -2.55. The number of aromatic nitrogens is 6. The summed E-state index contributed by atoms with van der Waals surface area (Å²) in [5.41, 5.74) is 1.60. The van der Waals surface area contributed by atoms with E-state index in [2.05, 4.69) is 20.3 Å². The molecule has 0 aliphatic carbocycles. The molecule has 0 aliphatic heterocycles. The molecule has 2 aromatic carbocycles. The van der Waals surface area contributed by atoms with Crippen molar-refractivity contribution in [2.75, 3.05) is 12.9 Å². The van der Waals surface area contributed by atoms with Crippen LogP contribution in [0.4, 0.5) is 0 Å². The average Bonchev–Trinajstić information content (AvgIpc) is 3.38. The number of rotatable bonds is 7. The summed E-state index contributed by atoms with van der Waals surface area (Å²) in [6.07, 6.45) is 3.20. The van der Waals surface area contributed by atoms with Crippen LogP contribution in [0.5, 0.6) is 5.75 Å². The van der Waals surface area contributed by atoms with Crippen molar-refractivity contribution in [3.05, 3.63) is 65.2 Å². The summed E-state index contributed by atoms with van der Waals surface area (Å²) < 4.78 is 9.27. The van der Waals surface area contributed by atoms with Gasteiger partial charge in [-0.05, 0) is 30.3 Å². The summed E-state index contributed by atoms with van der Waals surface area (Å²) >= 11 is 14.0. The van der Waals surface area contributed by atoms with E-state index < -0.39 is 0 Å². The molecule has 0 saturated carbocycles. The van der Waals surface area contributed by atoms with E-state index in [0.29, 0.717) is 33.3 Å². The van der Waals surface area contributed by atoms with E-state index in [0.717, 1.165) is 17.0 Å². The van der Waals surface area contributed by atoms with E-state index in [1.807, 2.05) is 41.0 Å². The van der Waals surface area contributed by atoms with Crippen LogP contribution in [-0.2, 0) is 6.54 Å². The number of hydrogen-bond donors (Lipinski definition) is 0. The van der Waals surface area contributed by atoms with Crippen LogP contribution in [0, 0.1) is 0 Å². The summed E-state index contributed by atoms with van der Waals surface area (Å²) in [6.45, 7) is 0.691. The van der Waals surface area contributed by atoms with E-state index in [9.17, 15) is 0 Å². The van der Waals surface area contributed by atoms with Crippen LogP contribution >= 0.6 is 35.0 Å². The van der Waals surface area contributed by atoms with Crippen molar-refractivity contribution in [3.8, 4) is 22.8 Å². The molecule has 0 radical (unpaired) electrons. The molecular formula is C19H16Cl2N6OS. The molecule has 0 unspecified atom stereocenters. The Labute approximate surface area is 181 Å². The maximum Gasteiger partial charge on any atom is 0.196 e. The fourth-order valence-corrected chi connectivity index (χ4v) is 4.04. The average molecular weight is 447 g/mol. The molecule has 0 spiro atoms. The van der Waals surface area contributed by atoms with Crippen LogP contribution in [0.15, 0.2) is 60.3 Å². The highest BCUT2D eigenvalue weighted by molar-refractivity contribution is 7.99. The summed E-state index contributed by atoms with van der Waals surface area (Å²) in [5, 5.41) is 14.9. The van der Waals surface area contributed by atoms with Crippen LogP contribution in [0.25, 0.3) is 17.1 Å². The molecule has 0 fully saturated rings. The Morgan fingerprint density at radius 3 is 2.69 bits per heavy atom. The Morgan fingerprint density at radius 2 is 1.93 bits per heavy atom. The van der Waals surface area contributed by atoms with Crippen LogP contribution in [0.2, 0.25) is 10.0 Å². The molecule has 2 heterocycles. The minimum absolute atomic E-state index is 0.588. The maximum atomic E-state index is 6.28. The molecule has 0 aliphatic rings. The van der Waals surface area contributed by atoms with Crippen LogP contribution < -0.4 is 4.74 Å². The number of nitrogens with zero attached hydrogens (tertiary/aromatic N) is 6. The van der Waals surface area contributed by atoms with Gasteiger partial charge in [-0.25, -0.2) is 4.98 Å². The highest BCUT2D eigenvalue weighted by Crippen LogP contribution is 2.34. The lowest BCUT2D eigenvalue weighted by atomic mass is 10.2. The van der Waals surface area contributed by atoms with Crippen molar-refractivity contribution in [2.24, 2.45) is 0 Å². The standard InChI is InChI=1S/C19H16Cl2N6OS/c1-28-17-6-5-15(21)10-16(17)27-18(13-3-2-4-14(20)9-13)24-25-19(27)29-8-7-26-12-22-11-23-26/h2-6,9-12H,7-8H2,1H3. The number of halogens is 2. The Bertz CT molecular complexity index is 1120. The zero-order chi connectivity index (χ0) is 20.2. The fraction of sp³-hybridized carbons (Fsp3) is 0.158. The molecule has 2 aromatic heterocycles. The second-order valence-electron chi connectivity index (χ2n) is 5.98. The van der Waals surface area contributed by atoms with Crippen molar-refractivity contribution in [2.45, 2.75) is 11.7 Å². The second-order valence-corrected chi connectivity index (χ2v) is 7.91. The number of ether oxygens (including phenoxy) is 1. The zero-order valence-electron chi connectivity index (χ0n) is 15.4. The molecule has 7 nitrogen and oxygen atoms in total. The number of aryl methyl sites for hydroxylation is 1. The maximum absolute atomic E-state index is 6.28. The van der Waals surface area contributed by atoms with E-state index >= 15 is 0 Å². The van der Waals surface area contributed by atoms with Crippen molar-refractivity contribution in [1.82, 2.24) is 29.5 Å². The van der Waals surface area contributed by atoms with E-state index in [4.69, 9.17) is 27.9 Å². The van der Waals surface area contributed by atoms with Gasteiger partial charge in [-0.1, -0.05) is 47.1 Å². The van der Waals surface area contributed by atoms with Crippen LogP contribution in [0.1, 0.15) is 0 Å². The van der Waals surface area contributed by atoms with Gasteiger partial charge in [0.1, 0.15) is 18.4 Å². The lowest BCUT2D eigenvalue weighted by Gasteiger charge is -2.14. The second kappa shape index (κ2) is 8.86. The molecule has 148 valence electrons. The van der Waals surface area contributed by atoms with Crippen molar-refractivity contribution in [1.29, 1.82) is 0 Å². The van der Waals surface area contributed by atoms with Gasteiger partial charge in [0.05, 0.1) is 19.3 Å². The van der Waals surface area contributed by atoms with E-state index in [-0.39, 0.29) is 0 Å². The molecule has 4 rings (SSSR count). The van der Waals surface area contributed by atoms with Crippen LogP contribution in [0.3, 0.4) is 0 Å². The molecule has 4 aromatic rings. The molecule has 0 atom stereocenters. The number of hydrogen-bond acceptors (Lipinski definition) is 6. The first-order chi connectivity index (χ1) is 14.2. The monoisotopic (exact) mass is 446 g/mol. The van der Waals surface area contributed by atoms with Gasteiger partial charge in [0.15, 0.2) is 11.0 Å². The van der Waals surface area contributed by atoms with Gasteiger partial charge >= 0.3 is 0 Å². The third kappa shape index (κ3) is 4.39. The first-order valence-electron chi connectivity index (χ1n) is 8.66. The Kier molecular flexibility index (Phi) is 6.03. The minimum atomic E-state index is 0.588. The molecular weight excluding hydrogens is 431 g/mol. The lowest BCUT2D eigenvalue weighted by Crippen LogP contribution is -2.05. The molecule has 0 amide bonds. The summed E-state index contributed by atoms with van der Waals surface area (Å²) in [7, 11) is 1.62. The molecule has 29 heavy (non-hydrogen) atoms. The first kappa shape index (κ1) is 19.8. The topological polar surface area (TPSA) is 70.7 Å². The zero-order valence-corrected chi connectivity index (χ0v) is 17.7. The molecule has 0 saturated heterocycles. The van der Waals surface area contributed by atoms with E-state index in [1.54, 1.807) is 35.9 Å². The Balaban J connectivity index is 1.77. The third-order valence-corrected chi connectivity index (χ3v) is 5.50. The van der Waals surface area contributed by atoms with Crippen molar-refractivity contribution >= 4 is 35.0 Å². The Morgan fingerprint density at radius 1 is 1.07 bits per heavy atom. The smallest absolute Gasteiger partial charge is 0.196 e. The predicted octanol–water partition coefficient (Wildman–Crippen LogP) is 4.63. The van der Waals surface area contributed by atoms with Gasteiger partial charge < -0.3 is 4.74 Å².